The topological polar surface area (TPSA) is 84.1 Å². The number of carboxylic acids is 1. The first-order valence-electron chi connectivity index (χ1n) is 6.44. The molecule has 0 aromatic carbocycles. The van der Waals surface area contributed by atoms with Crippen molar-refractivity contribution in [3.05, 3.63) is 36.0 Å². The largest absolute Gasteiger partial charge is 0.476 e. The highest BCUT2D eigenvalue weighted by Crippen LogP contribution is 2.24. The summed E-state index contributed by atoms with van der Waals surface area (Å²) >= 11 is 0. The van der Waals surface area contributed by atoms with Crippen LogP contribution >= 0.6 is 0 Å². The molecule has 0 saturated carbocycles. The van der Waals surface area contributed by atoms with Gasteiger partial charge in [0.15, 0.2) is 5.69 Å². The Morgan fingerprint density at radius 2 is 2.20 bits per heavy atom. The molecule has 1 unspecified atom stereocenters. The summed E-state index contributed by atoms with van der Waals surface area (Å²) in [5.41, 5.74) is 1.11. The fourth-order valence-corrected chi connectivity index (χ4v) is 2.39. The van der Waals surface area contributed by atoms with Crippen molar-refractivity contribution >= 4 is 11.8 Å². The zero-order valence-corrected chi connectivity index (χ0v) is 11.1. The standard InChI is InChI=1S/C13H15N5O2/c1-9-4-16-18(7-9)10-2-3-17(8-10)12-6-14-11(5-15-12)13(19)20/h4-7,10H,2-3,8H2,1H3,(H,19,20). The SMILES string of the molecule is Cc1cnn(C2CCN(c3cnc(C(=O)O)cn3)C2)c1. The molecule has 1 saturated heterocycles. The summed E-state index contributed by atoms with van der Waals surface area (Å²) in [6.07, 6.45) is 7.68. The molecule has 0 radical (unpaired) electrons. The lowest BCUT2D eigenvalue weighted by Gasteiger charge is -2.17. The number of anilines is 1. The molecule has 0 amide bonds. The van der Waals surface area contributed by atoms with E-state index in [4.69, 9.17) is 5.11 Å². The molecule has 0 bridgehead atoms. The number of hydrogen-bond donors (Lipinski definition) is 1. The predicted molar refractivity (Wildman–Crippen MR) is 71.8 cm³/mol. The highest BCUT2D eigenvalue weighted by molar-refractivity contribution is 5.84. The fourth-order valence-electron chi connectivity index (χ4n) is 2.39. The van der Waals surface area contributed by atoms with Crippen molar-refractivity contribution in [3.63, 3.8) is 0 Å². The molecule has 3 heterocycles. The Morgan fingerprint density at radius 1 is 1.35 bits per heavy atom. The average Bonchev–Trinajstić information content (AvgIpc) is 3.07. The third-order valence-electron chi connectivity index (χ3n) is 3.45. The number of nitrogens with zero attached hydrogens (tertiary/aromatic N) is 5. The van der Waals surface area contributed by atoms with Crippen LogP contribution in [0.25, 0.3) is 0 Å². The van der Waals surface area contributed by atoms with Crippen LogP contribution in [0.1, 0.15) is 28.5 Å². The molecule has 104 valence electrons. The number of rotatable bonds is 3. The maximum Gasteiger partial charge on any atom is 0.356 e. The number of aromatic nitrogens is 4. The smallest absolute Gasteiger partial charge is 0.356 e. The Morgan fingerprint density at radius 3 is 2.80 bits per heavy atom. The van der Waals surface area contributed by atoms with Crippen molar-refractivity contribution < 1.29 is 9.90 Å². The van der Waals surface area contributed by atoms with Crippen LogP contribution in [0.4, 0.5) is 5.82 Å². The Balaban J connectivity index is 1.72. The van der Waals surface area contributed by atoms with Gasteiger partial charge in [0.25, 0.3) is 0 Å². The van der Waals surface area contributed by atoms with Crippen LogP contribution in [-0.4, -0.2) is 43.9 Å². The van der Waals surface area contributed by atoms with E-state index in [0.717, 1.165) is 25.1 Å². The van der Waals surface area contributed by atoms with Crippen LogP contribution in [0.15, 0.2) is 24.8 Å². The second-order valence-corrected chi connectivity index (χ2v) is 4.95. The van der Waals surface area contributed by atoms with Gasteiger partial charge >= 0.3 is 5.97 Å². The van der Waals surface area contributed by atoms with Crippen LogP contribution in [0.2, 0.25) is 0 Å². The average molecular weight is 273 g/mol. The van der Waals surface area contributed by atoms with Crippen molar-refractivity contribution in [1.29, 1.82) is 0 Å². The van der Waals surface area contributed by atoms with Gasteiger partial charge in [-0.25, -0.2) is 14.8 Å². The lowest BCUT2D eigenvalue weighted by atomic mass is 10.3. The fraction of sp³-hybridized carbons (Fsp3) is 0.385. The van der Waals surface area contributed by atoms with Crippen molar-refractivity contribution in [1.82, 2.24) is 19.7 Å². The Labute approximate surface area is 115 Å². The molecule has 0 aliphatic carbocycles. The van der Waals surface area contributed by atoms with Crippen molar-refractivity contribution in [2.45, 2.75) is 19.4 Å². The minimum absolute atomic E-state index is 0.0350. The van der Waals surface area contributed by atoms with E-state index in [1.807, 2.05) is 24.0 Å². The van der Waals surface area contributed by atoms with Crippen molar-refractivity contribution in [2.75, 3.05) is 18.0 Å². The normalized spacial score (nSPS) is 18.4. The second-order valence-electron chi connectivity index (χ2n) is 4.95. The summed E-state index contributed by atoms with van der Waals surface area (Å²) < 4.78 is 1.98. The summed E-state index contributed by atoms with van der Waals surface area (Å²) in [6, 6.07) is 0.324. The monoisotopic (exact) mass is 273 g/mol. The van der Waals surface area contributed by atoms with E-state index in [2.05, 4.69) is 20.0 Å². The first kappa shape index (κ1) is 12.6. The lowest BCUT2D eigenvalue weighted by molar-refractivity contribution is 0.0690. The second kappa shape index (κ2) is 4.92. The zero-order valence-electron chi connectivity index (χ0n) is 11.1. The van der Waals surface area contributed by atoms with Crippen molar-refractivity contribution in [3.8, 4) is 0 Å². The molecule has 3 rings (SSSR count). The van der Waals surface area contributed by atoms with Crippen LogP contribution in [0.3, 0.4) is 0 Å². The lowest BCUT2D eigenvalue weighted by Crippen LogP contribution is -2.22. The number of carboxylic acid groups (broad SMARTS) is 1. The summed E-state index contributed by atoms with van der Waals surface area (Å²) in [4.78, 5) is 20.9. The van der Waals surface area contributed by atoms with Crippen LogP contribution in [-0.2, 0) is 0 Å². The van der Waals surface area contributed by atoms with Gasteiger partial charge in [0.05, 0.1) is 24.6 Å². The molecule has 1 N–H and O–H groups in total. The molecule has 7 heteroatoms. The van der Waals surface area contributed by atoms with Crippen LogP contribution < -0.4 is 4.90 Å². The third kappa shape index (κ3) is 2.34. The van der Waals surface area contributed by atoms with Gasteiger partial charge in [0.2, 0.25) is 0 Å². The van der Waals surface area contributed by atoms with Crippen molar-refractivity contribution in [2.24, 2.45) is 0 Å². The van der Waals surface area contributed by atoms with Gasteiger partial charge in [-0.15, -0.1) is 0 Å². The first-order chi connectivity index (χ1) is 9.63. The van der Waals surface area contributed by atoms with Gasteiger partial charge in [-0.2, -0.15) is 5.10 Å². The molecule has 1 atom stereocenters. The summed E-state index contributed by atoms with van der Waals surface area (Å²) in [5.74, 6) is -0.350. The maximum absolute atomic E-state index is 10.7. The van der Waals surface area contributed by atoms with E-state index in [0.29, 0.717) is 11.9 Å². The molecule has 0 spiro atoms. The predicted octanol–water partition coefficient (Wildman–Crippen LogP) is 1.13. The van der Waals surface area contributed by atoms with E-state index in [9.17, 15) is 4.79 Å². The van der Waals surface area contributed by atoms with Gasteiger partial charge in [0.1, 0.15) is 5.82 Å². The molecular formula is C13H15N5O2. The Bertz CT molecular complexity index is 622. The molecule has 2 aromatic heterocycles. The number of aromatic carboxylic acids is 1. The van der Waals surface area contributed by atoms with Gasteiger partial charge < -0.3 is 10.0 Å². The quantitative estimate of drug-likeness (QED) is 0.902. The third-order valence-corrected chi connectivity index (χ3v) is 3.45. The molecule has 20 heavy (non-hydrogen) atoms. The minimum Gasteiger partial charge on any atom is -0.476 e. The van der Waals surface area contributed by atoms with E-state index in [-0.39, 0.29) is 5.69 Å². The van der Waals surface area contributed by atoms with E-state index >= 15 is 0 Å². The van der Waals surface area contributed by atoms with Crippen LogP contribution in [0, 0.1) is 6.92 Å². The molecule has 2 aromatic rings. The number of hydrogen-bond acceptors (Lipinski definition) is 5. The Kier molecular flexibility index (Phi) is 3.09. The van der Waals surface area contributed by atoms with E-state index in [1.54, 1.807) is 0 Å². The summed E-state index contributed by atoms with van der Waals surface area (Å²) in [6.45, 7) is 3.69. The van der Waals surface area contributed by atoms with Gasteiger partial charge in [-0.3, -0.25) is 4.68 Å². The summed E-state index contributed by atoms with van der Waals surface area (Å²) in [5, 5.41) is 13.1. The first-order valence-corrected chi connectivity index (χ1v) is 6.44. The summed E-state index contributed by atoms with van der Waals surface area (Å²) in [7, 11) is 0. The number of carbonyl (C=O) groups is 1. The van der Waals surface area contributed by atoms with E-state index in [1.165, 1.54) is 12.4 Å². The van der Waals surface area contributed by atoms with Gasteiger partial charge in [-0.05, 0) is 18.9 Å². The van der Waals surface area contributed by atoms with E-state index < -0.39 is 5.97 Å². The number of aryl methyl sites for hydroxylation is 1. The molecular weight excluding hydrogens is 258 g/mol. The molecule has 7 nitrogen and oxygen atoms in total. The maximum atomic E-state index is 10.7. The molecule has 1 fully saturated rings. The highest BCUT2D eigenvalue weighted by atomic mass is 16.4. The zero-order chi connectivity index (χ0) is 14.1. The van der Waals surface area contributed by atoms with Gasteiger partial charge in [-0.1, -0.05) is 0 Å². The minimum atomic E-state index is -1.06. The van der Waals surface area contributed by atoms with Gasteiger partial charge in [0, 0.05) is 19.3 Å². The molecule has 1 aliphatic rings. The highest BCUT2D eigenvalue weighted by Gasteiger charge is 2.25. The van der Waals surface area contributed by atoms with Crippen LogP contribution in [0.5, 0.6) is 0 Å². The Hall–Kier alpha value is -2.44. The molecule has 1 aliphatic heterocycles.